The largest absolute Gasteiger partial charge is 0.374 e. The molecule has 1 saturated carbocycles. The third-order valence-corrected chi connectivity index (χ3v) is 5.29. The molecular weight excluding hydrogens is 288 g/mol. The first-order chi connectivity index (χ1) is 11.1. The van der Waals surface area contributed by atoms with Crippen LogP contribution in [0.2, 0.25) is 0 Å². The molecule has 1 aromatic rings. The molecule has 23 heavy (non-hydrogen) atoms. The Kier molecular flexibility index (Phi) is 5.02. The van der Waals surface area contributed by atoms with Crippen LogP contribution in [0.4, 0.5) is 5.69 Å². The molecule has 0 aromatic heterocycles. The van der Waals surface area contributed by atoms with Crippen molar-refractivity contribution in [1.82, 2.24) is 5.32 Å². The third kappa shape index (κ3) is 3.59. The summed E-state index contributed by atoms with van der Waals surface area (Å²) in [5, 5.41) is 6.58. The van der Waals surface area contributed by atoms with Crippen LogP contribution in [-0.2, 0) is 16.1 Å². The summed E-state index contributed by atoms with van der Waals surface area (Å²) in [5.74, 6) is 0.688. The lowest BCUT2D eigenvalue weighted by molar-refractivity contribution is -0.128. The molecule has 2 atom stereocenters. The average molecular weight is 316 g/mol. The van der Waals surface area contributed by atoms with E-state index in [-0.39, 0.29) is 17.4 Å². The Bertz CT molecular complexity index is 541. The van der Waals surface area contributed by atoms with Crippen LogP contribution in [-0.4, -0.2) is 25.1 Å². The van der Waals surface area contributed by atoms with Crippen LogP contribution >= 0.6 is 0 Å². The zero-order chi connectivity index (χ0) is 16.3. The molecule has 4 nitrogen and oxygen atoms in total. The van der Waals surface area contributed by atoms with E-state index in [2.05, 4.69) is 10.6 Å². The number of hydrogen-bond donors (Lipinski definition) is 2. The monoisotopic (exact) mass is 316 g/mol. The second-order valence-corrected chi connectivity index (χ2v) is 7.24. The fourth-order valence-electron chi connectivity index (χ4n) is 3.89. The molecule has 126 valence electrons. The van der Waals surface area contributed by atoms with Crippen LogP contribution in [0.3, 0.4) is 0 Å². The zero-order valence-electron chi connectivity index (χ0n) is 14.2. The quantitative estimate of drug-likeness (QED) is 0.876. The van der Waals surface area contributed by atoms with Crippen molar-refractivity contribution in [2.24, 2.45) is 11.3 Å². The van der Waals surface area contributed by atoms with Crippen molar-refractivity contribution >= 4 is 11.6 Å². The number of anilines is 1. The maximum atomic E-state index is 12.9. The van der Waals surface area contributed by atoms with E-state index in [4.69, 9.17) is 4.74 Å². The smallest absolute Gasteiger partial charge is 0.232 e. The van der Waals surface area contributed by atoms with Crippen LogP contribution in [0.25, 0.3) is 0 Å². The molecule has 0 unspecified atom stereocenters. The standard InChI is InChI=1S/C19H28N2O2/c1-14(2)23-12-15-6-8-17(9-7-15)21-18(22)19-10-4-3-5-16(19)11-20-13-19/h6-9,14,16,20H,3-5,10-13H2,1-2H3,(H,21,22)/t16-,19+/m0/s1. The van der Waals surface area contributed by atoms with Gasteiger partial charge in [0.25, 0.3) is 0 Å². The van der Waals surface area contributed by atoms with Gasteiger partial charge in [0.05, 0.1) is 18.1 Å². The molecule has 2 N–H and O–H groups in total. The van der Waals surface area contributed by atoms with Gasteiger partial charge in [-0.1, -0.05) is 25.0 Å². The summed E-state index contributed by atoms with van der Waals surface area (Å²) in [7, 11) is 0. The predicted octanol–water partition coefficient (Wildman–Crippen LogP) is 3.33. The Hall–Kier alpha value is -1.39. The first-order valence-corrected chi connectivity index (χ1v) is 8.83. The molecule has 1 aliphatic carbocycles. The van der Waals surface area contributed by atoms with Gasteiger partial charge in [-0.25, -0.2) is 0 Å². The Morgan fingerprint density at radius 3 is 2.87 bits per heavy atom. The highest BCUT2D eigenvalue weighted by atomic mass is 16.5. The minimum atomic E-state index is -0.197. The first-order valence-electron chi connectivity index (χ1n) is 8.83. The van der Waals surface area contributed by atoms with E-state index >= 15 is 0 Å². The van der Waals surface area contributed by atoms with Gasteiger partial charge in [0, 0.05) is 12.2 Å². The van der Waals surface area contributed by atoms with Gasteiger partial charge in [-0.15, -0.1) is 0 Å². The van der Waals surface area contributed by atoms with E-state index in [1.807, 2.05) is 38.1 Å². The molecule has 1 heterocycles. The predicted molar refractivity (Wildman–Crippen MR) is 92.3 cm³/mol. The number of ether oxygens (including phenoxy) is 1. The number of rotatable bonds is 5. The molecule has 3 rings (SSSR count). The van der Waals surface area contributed by atoms with Crippen LogP contribution in [0.5, 0.6) is 0 Å². The van der Waals surface area contributed by atoms with E-state index in [0.29, 0.717) is 12.5 Å². The van der Waals surface area contributed by atoms with Gasteiger partial charge in [0.2, 0.25) is 5.91 Å². The van der Waals surface area contributed by atoms with Crippen molar-refractivity contribution < 1.29 is 9.53 Å². The lowest BCUT2D eigenvalue weighted by Crippen LogP contribution is -2.44. The van der Waals surface area contributed by atoms with Crippen molar-refractivity contribution in [2.75, 3.05) is 18.4 Å². The van der Waals surface area contributed by atoms with E-state index in [1.165, 1.54) is 12.8 Å². The van der Waals surface area contributed by atoms with Gasteiger partial charge in [-0.3, -0.25) is 4.79 Å². The molecule has 1 amide bonds. The molecule has 2 fully saturated rings. The molecule has 2 aliphatic rings. The lowest BCUT2D eigenvalue weighted by Gasteiger charge is -2.37. The minimum absolute atomic E-state index is 0.193. The summed E-state index contributed by atoms with van der Waals surface area (Å²) >= 11 is 0. The van der Waals surface area contributed by atoms with Crippen molar-refractivity contribution in [2.45, 2.75) is 52.2 Å². The SMILES string of the molecule is CC(C)OCc1ccc(NC(=O)[C@@]23CCCC[C@H]2CNC3)cc1. The Morgan fingerprint density at radius 2 is 2.13 bits per heavy atom. The first kappa shape index (κ1) is 16.5. The molecular formula is C19H28N2O2. The normalized spacial score (nSPS) is 27.0. The average Bonchev–Trinajstić information content (AvgIpc) is 2.99. The van der Waals surface area contributed by atoms with Crippen LogP contribution in [0.1, 0.15) is 45.1 Å². The summed E-state index contributed by atoms with van der Waals surface area (Å²) in [4.78, 5) is 12.9. The number of nitrogens with one attached hydrogen (secondary N) is 2. The Balaban J connectivity index is 1.63. The van der Waals surface area contributed by atoms with Gasteiger partial charge in [0.1, 0.15) is 0 Å². The summed E-state index contributed by atoms with van der Waals surface area (Å²) < 4.78 is 5.60. The van der Waals surface area contributed by atoms with Crippen LogP contribution in [0, 0.1) is 11.3 Å². The van der Waals surface area contributed by atoms with Crippen LogP contribution in [0.15, 0.2) is 24.3 Å². The number of benzene rings is 1. The number of carbonyl (C=O) groups is 1. The number of carbonyl (C=O) groups excluding carboxylic acids is 1. The van der Waals surface area contributed by atoms with Gasteiger partial charge in [-0.2, -0.15) is 0 Å². The fourth-order valence-corrected chi connectivity index (χ4v) is 3.89. The summed E-state index contributed by atoms with van der Waals surface area (Å²) in [6, 6.07) is 8.02. The van der Waals surface area contributed by atoms with Crippen molar-refractivity contribution in [3.8, 4) is 0 Å². The fraction of sp³-hybridized carbons (Fsp3) is 0.632. The van der Waals surface area contributed by atoms with E-state index < -0.39 is 0 Å². The lowest BCUT2D eigenvalue weighted by atomic mass is 9.67. The maximum absolute atomic E-state index is 12.9. The van der Waals surface area contributed by atoms with Gasteiger partial charge >= 0.3 is 0 Å². The molecule has 0 spiro atoms. The summed E-state index contributed by atoms with van der Waals surface area (Å²) in [6.07, 6.45) is 4.83. The Morgan fingerprint density at radius 1 is 1.35 bits per heavy atom. The zero-order valence-corrected chi connectivity index (χ0v) is 14.2. The van der Waals surface area contributed by atoms with Crippen LogP contribution < -0.4 is 10.6 Å². The highest BCUT2D eigenvalue weighted by Gasteiger charge is 2.49. The number of amides is 1. The molecule has 0 radical (unpaired) electrons. The van der Waals surface area contributed by atoms with Gasteiger partial charge < -0.3 is 15.4 Å². The molecule has 1 saturated heterocycles. The Labute approximate surface area is 139 Å². The summed E-state index contributed by atoms with van der Waals surface area (Å²) in [5.41, 5.74) is 1.82. The third-order valence-electron chi connectivity index (χ3n) is 5.29. The number of fused-ring (bicyclic) bond motifs is 1. The highest BCUT2D eigenvalue weighted by molar-refractivity contribution is 5.96. The highest BCUT2D eigenvalue weighted by Crippen LogP contribution is 2.44. The van der Waals surface area contributed by atoms with Crippen molar-refractivity contribution in [3.63, 3.8) is 0 Å². The second-order valence-electron chi connectivity index (χ2n) is 7.24. The van der Waals surface area contributed by atoms with E-state index in [9.17, 15) is 4.79 Å². The van der Waals surface area contributed by atoms with Crippen molar-refractivity contribution in [3.05, 3.63) is 29.8 Å². The van der Waals surface area contributed by atoms with E-state index in [1.54, 1.807) is 0 Å². The number of hydrogen-bond acceptors (Lipinski definition) is 3. The maximum Gasteiger partial charge on any atom is 0.232 e. The molecule has 1 aromatic carbocycles. The van der Waals surface area contributed by atoms with Gasteiger partial charge in [0.15, 0.2) is 0 Å². The van der Waals surface area contributed by atoms with Gasteiger partial charge in [-0.05, 0) is 56.8 Å². The van der Waals surface area contributed by atoms with Crippen molar-refractivity contribution in [1.29, 1.82) is 0 Å². The van der Waals surface area contributed by atoms with E-state index in [0.717, 1.165) is 37.2 Å². The summed E-state index contributed by atoms with van der Waals surface area (Å²) in [6.45, 7) is 6.48. The topological polar surface area (TPSA) is 50.4 Å². The molecule has 0 bridgehead atoms. The minimum Gasteiger partial charge on any atom is -0.374 e. The molecule has 1 aliphatic heterocycles. The molecule has 4 heteroatoms. The second kappa shape index (κ2) is 7.02.